The molecule has 0 aliphatic heterocycles. The molecule has 0 amide bonds. The minimum atomic E-state index is -0.844. The molecule has 0 aliphatic carbocycles. The summed E-state index contributed by atoms with van der Waals surface area (Å²) in [5.74, 6) is -1.30. The molecule has 5 heteroatoms. The first-order valence-corrected chi connectivity index (χ1v) is 6.74. The lowest BCUT2D eigenvalue weighted by Gasteiger charge is -2.08. The van der Waals surface area contributed by atoms with E-state index in [1.165, 1.54) is 23.5 Å². The zero-order valence-corrected chi connectivity index (χ0v) is 11.5. The molecular weight excluding hydrogens is 265 g/mol. The second-order valence-corrected chi connectivity index (χ2v) is 5.69. The molecule has 1 N–H and O–H groups in total. The number of hydrogen-bond acceptors (Lipinski definition) is 3. The molecule has 0 saturated heterocycles. The van der Waals surface area contributed by atoms with Crippen LogP contribution >= 0.6 is 11.3 Å². The minimum absolute atomic E-state index is 0.0456. The Kier molecular flexibility index (Phi) is 3.95. The standard InChI is InChI=1S/C14H14FNO2S/c1-8(6-12(17)18)14-13(16-9(2)19-14)10-4-3-5-11(15)7-10/h3-5,7-8H,6H2,1-2H3,(H,17,18). The van der Waals surface area contributed by atoms with Crippen molar-refractivity contribution in [3.8, 4) is 11.3 Å². The van der Waals surface area contributed by atoms with Gasteiger partial charge in [0.15, 0.2) is 0 Å². The van der Waals surface area contributed by atoms with E-state index in [1.807, 2.05) is 13.8 Å². The molecule has 100 valence electrons. The molecular formula is C14H14FNO2S. The summed E-state index contributed by atoms with van der Waals surface area (Å²) in [6.07, 6.45) is 0.0456. The van der Waals surface area contributed by atoms with Gasteiger partial charge in [-0.15, -0.1) is 11.3 Å². The summed E-state index contributed by atoms with van der Waals surface area (Å²) < 4.78 is 13.3. The molecule has 1 aromatic heterocycles. The van der Waals surface area contributed by atoms with Gasteiger partial charge >= 0.3 is 5.97 Å². The third-order valence-corrected chi connectivity index (χ3v) is 3.99. The molecule has 1 unspecified atom stereocenters. The second kappa shape index (κ2) is 5.48. The van der Waals surface area contributed by atoms with Crippen molar-refractivity contribution in [1.82, 2.24) is 4.98 Å². The SMILES string of the molecule is Cc1nc(-c2cccc(F)c2)c(C(C)CC(=O)O)s1. The van der Waals surface area contributed by atoms with Gasteiger partial charge in [-0.05, 0) is 19.1 Å². The quantitative estimate of drug-likeness (QED) is 0.925. The van der Waals surface area contributed by atoms with Gasteiger partial charge in [0, 0.05) is 16.4 Å². The average Bonchev–Trinajstić information content (AvgIpc) is 2.70. The molecule has 0 radical (unpaired) electrons. The van der Waals surface area contributed by atoms with Crippen molar-refractivity contribution in [3.63, 3.8) is 0 Å². The molecule has 3 nitrogen and oxygen atoms in total. The lowest BCUT2D eigenvalue weighted by molar-refractivity contribution is -0.137. The monoisotopic (exact) mass is 279 g/mol. The number of rotatable bonds is 4. The van der Waals surface area contributed by atoms with E-state index in [0.717, 1.165) is 9.88 Å². The summed E-state index contributed by atoms with van der Waals surface area (Å²) in [6.45, 7) is 3.72. The Morgan fingerprint density at radius 3 is 2.89 bits per heavy atom. The lowest BCUT2D eigenvalue weighted by atomic mass is 10.0. The van der Waals surface area contributed by atoms with Gasteiger partial charge in [-0.2, -0.15) is 0 Å². The molecule has 1 atom stereocenters. The van der Waals surface area contributed by atoms with Gasteiger partial charge in [0.05, 0.1) is 17.1 Å². The Morgan fingerprint density at radius 2 is 2.26 bits per heavy atom. The van der Waals surface area contributed by atoms with Crippen molar-refractivity contribution < 1.29 is 14.3 Å². The smallest absolute Gasteiger partial charge is 0.303 e. The summed E-state index contributed by atoms with van der Waals surface area (Å²) in [5, 5.41) is 9.74. The Bertz CT molecular complexity index is 609. The van der Waals surface area contributed by atoms with E-state index in [2.05, 4.69) is 4.98 Å². The highest BCUT2D eigenvalue weighted by Gasteiger charge is 2.19. The van der Waals surface area contributed by atoms with E-state index >= 15 is 0 Å². The van der Waals surface area contributed by atoms with Crippen LogP contribution < -0.4 is 0 Å². The molecule has 0 saturated carbocycles. The average molecular weight is 279 g/mol. The number of benzene rings is 1. The van der Waals surface area contributed by atoms with Gasteiger partial charge in [0.25, 0.3) is 0 Å². The van der Waals surface area contributed by atoms with Gasteiger partial charge in [-0.25, -0.2) is 9.37 Å². The number of carboxylic acid groups (broad SMARTS) is 1. The number of thiazole rings is 1. The van der Waals surface area contributed by atoms with Crippen molar-refractivity contribution in [2.24, 2.45) is 0 Å². The van der Waals surface area contributed by atoms with Crippen LogP contribution in [0.3, 0.4) is 0 Å². The van der Waals surface area contributed by atoms with E-state index in [0.29, 0.717) is 11.3 Å². The van der Waals surface area contributed by atoms with Gasteiger partial charge < -0.3 is 5.11 Å². The second-order valence-electron chi connectivity index (χ2n) is 4.45. The number of hydrogen-bond donors (Lipinski definition) is 1. The van der Waals surface area contributed by atoms with Crippen LogP contribution in [0.1, 0.15) is 29.1 Å². The van der Waals surface area contributed by atoms with Gasteiger partial charge in [-0.3, -0.25) is 4.79 Å². The normalized spacial score (nSPS) is 12.4. The molecule has 19 heavy (non-hydrogen) atoms. The first-order chi connectivity index (χ1) is 8.97. The van der Waals surface area contributed by atoms with Crippen LogP contribution in [0.2, 0.25) is 0 Å². The fourth-order valence-electron chi connectivity index (χ4n) is 1.97. The summed E-state index contributed by atoms with van der Waals surface area (Å²) in [5.41, 5.74) is 1.38. The number of halogens is 1. The highest BCUT2D eigenvalue weighted by atomic mass is 32.1. The van der Waals surface area contributed by atoms with Crippen molar-refractivity contribution >= 4 is 17.3 Å². The maximum atomic E-state index is 13.3. The molecule has 0 spiro atoms. The number of aryl methyl sites for hydroxylation is 1. The first kappa shape index (κ1) is 13.7. The van der Waals surface area contributed by atoms with E-state index in [-0.39, 0.29) is 18.2 Å². The Balaban J connectivity index is 2.43. The summed E-state index contributed by atoms with van der Waals surface area (Å²) in [4.78, 5) is 16.1. The topological polar surface area (TPSA) is 50.2 Å². The lowest BCUT2D eigenvalue weighted by Crippen LogP contribution is -2.02. The first-order valence-electron chi connectivity index (χ1n) is 5.92. The van der Waals surface area contributed by atoms with Crippen LogP contribution in [0.4, 0.5) is 4.39 Å². The predicted octanol–water partition coefficient (Wildman–Crippen LogP) is 3.84. The maximum absolute atomic E-state index is 13.3. The van der Waals surface area contributed by atoms with Crippen LogP contribution in [0.15, 0.2) is 24.3 Å². The van der Waals surface area contributed by atoms with Crippen LogP contribution in [0.25, 0.3) is 11.3 Å². The number of carboxylic acids is 1. The highest BCUT2D eigenvalue weighted by molar-refractivity contribution is 7.12. The van der Waals surface area contributed by atoms with Crippen LogP contribution in [-0.4, -0.2) is 16.1 Å². The zero-order chi connectivity index (χ0) is 14.0. The molecule has 0 fully saturated rings. The van der Waals surface area contributed by atoms with Crippen LogP contribution in [-0.2, 0) is 4.79 Å². The third-order valence-electron chi connectivity index (χ3n) is 2.79. The van der Waals surface area contributed by atoms with Gasteiger partial charge in [0.1, 0.15) is 5.82 Å². The Morgan fingerprint density at radius 1 is 1.53 bits per heavy atom. The van der Waals surface area contributed by atoms with E-state index in [4.69, 9.17) is 5.11 Å². The van der Waals surface area contributed by atoms with Gasteiger partial charge in [0.2, 0.25) is 0 Å². The van der Waals surface area contributed by atoms with E-state index in [9.17, 15) is 9.18 Å². The number of carbonyl (C=O) groups is 1. The molecule has 2 rings (SSSR count). The third kappa shape index (κ3) is 3.17. The fourth-order valence-corrected chi connectivity index (χ4v) is 2.97. The summed E-state index contributed by atoms with van der Waals surface area (Å²) >= 11 is 1.47. The van der Waals surface area contributed by atoms with Crippen molar-refractivity contribution in [1.29, 1.82) is 0 Å². The summed E-state index contributed by atoms with van der Waals surface area (Å²) in [7, 11) is 0. The zero-order valence-electron chi connectivity index (χ0n) is 10.7. The van der Waals surface area contributed by atoms with Crippen molar-refractivity contribution in [3.05, 3.63) is 40.0 Å². The molecule has 0 aliphatic rings. The Hall–Kier alpha value is -1.75. The summed E-state index contributed by atoms with van der Waals surface area (Å²) in [6, 6.07) is 6.22. The van der Waals surface area contributed by atoms with Crippen molar-refractivity contribution in [2.75, 3.05) is 0 Å². The maximum Gasteiger partial charge on any atom is 0.303 e. The molecule has 1 heterocycles. The Labute approximate surface area is 114 Å². The largest absolute Gasteiger partial charge is 0.481 e. The number of nitrogens with zero attached hydrogens (tertiary/aromatic N) is 1. The fraction of sp³-hybridized carbons (Fsp3) is 0.286. The molecule has 2 aromatic rings. The van der Waals surface area contributed by atoms with E-state index in [1.54, 1.807) is 12.1 Å². The minimum Gasteiger partial charge on any atom is -0.481 e. The number of aromatic nitrogens is 1. The van der Waals surface area contributed by atoms with Crippen LogP contribution in [0, 0.1) is 12.7 Å². The van der Waals surface area contributed by atoms with Crippen molar-refractivity contribution in [2.45, 2.75) is 26.2 Å². The highest BCUT2D eigenvalue weighted by Crippen LogP contribution is 2.35. The van der Waals surface area contributed by atoms with Gasteiger partial charge in [-0.1, -0.05) is 19.1 Å². The van der Waals surface area contributed by atoms with Crippen LogP contribution in [0.5, 0.6) is 0 Å². The molecule has 0 bridgehead atoms. The van der Waals surface area contributed by atoms with E-state index < -0.39 is 5.97 Å². The predicted molar refractivity (Wildman–Crippen MR) is 72.9 cm³/mol. The number of aliphatic carboxylic acids is 1. The molecule has 1 aromatic carbocycles.